The van der Waals surface area contributed by atoms with Crippen molar-refractivity contribution in [2.24, 2.45) is 0 Å². The fourth-order valence-corrected chi connectivity index (χ4v) is 2.21. The van der Waals surface area contributed by atoms with E-state index in [1.807, 2.05) is 13.8 Å². The van der Waals surface area contributed by atoms with Gasteiger partial charge in [0.2, 0.25) is 0 Å². The van der Waals surface area contributed by atoms with Crippen LogP contribution in [0.25, 0.3) is 0 Å². The average molecular weight is 241 g/mol. The molecule has 0 saturated heterocycles. The highest BCUT2D eigenvalue weighted by Gasteiger charge is 2.34. The minimum atomic E-state index is -0.414. The maximum Gasteiger partial charge on any atom is 0.339 e. The minimum absolute atomic E-state index is 0.296. The van der Waals surface area contributed by atoms with Gasteiger partial charge in [0, 0.05) is 12.0 Å². The molecular formula is C12H13ClO3. The first-order valence-electron chi connectivity index (χ1n) is 5.03. The van der Waals surface area contributed by atoms with Crippen LogP contribution in [-0.2, 0) is 11.2 Å². The van der Waals surface area contributed by atoms with E-state index in [0.717, 1.165) is 11.3 Å². The summed E-state index contributed by atoms with van der Waals surface area (Å²) in [6.07, 6.45) is 0.660. The van der Waals surface area contributed by atoms with Gasteiger partial charge >= 0.3 is 5.97 Å². The lowest BCUT2D eigenvalue weighted by atomic mass is 9.97. The Morgan fingerprint density at radius 3 is 2.81 bits per heavy atom. The molecule has 0 bridgehead atoms. The summed E-state index contributed by atoms with van der Waals surface area (Å²) in [5.41, 5.74) is 0.965. The van der Waals surface area contributed by atoms with Gasteiger partial charge in [-0.2, -0.15) is 0 Å². The number of methoxy groups -OCH3 is 1. The molecule has 1 aliphatic rings. The molecule has 0 fully saturated rings. The standard InChI is InChI=1S/C12H13ClO3/c1-12(2)6-7-9(16-12)5-4-8(13)10(7)11(14)15-3/h4-5H,6H2,1-3H3. The Bertz CT molecular complexity index is 452. The molecule has 2 rings (SSSR count). The van der Waals surface area contributed by atoms with Crippen molar-refractivity contribution >= 4 is 17.6 Å². The third-order valence-electron chi connectivity index (χ3n) is 2.60. The fourth-order valence-electron chi connectivity index (χ4n) is 1.95. The third kappa shape index (κ3) is 1.76. The summed E-state index contributed by atoms with van der Waals surface area (Å²) in [4.78, 5) is 11.6. The van der Waals surface area contributed by atoms with Gasteiger partial charge in [-0.05, 0) is 26.0 Å². The van der Waals surface area contributed by atoms with Crippen LogP contribution in [-0.4, -0.2) is 18.7 Å². The van der Waals surface area contributed by atoms with Crippen LogP contribution >= 0.6 is 11.6 Å². The van der Waals surface area contributed by atoms with Gasteiger partial charge in [0.15, 0.2) is 0 Å². The summed E-state index contributed by atoms with van der Waals surface area (Å²) in [5.74, 6) is 0.304. The van der Waals surface area contributed by atoms with Crippen LogP contribution in [0.15, 0.2) is 12.1 Å². The number of fused-ring (bicyclic) bond motifs is 1. The smallest absolute Gasteiger partial charge is 0.339 e. The zero-order chi connectivity index (χ0) is 11.9. The number of rotatable bonds is 1. The van der Waals surface area contributed by atoms with Crippen LogP contribution in [0.3, 0.4) is 0 Å². The molecule has 0 aliphatic carbocycles. The minimum Gasteiger partial charge on any atom is -0.487 e. The molecule has 86 valence electrons. The number of esters is 1. The molecule has 0 aromatic heterocycles. The Balaban J connectivity index is 2.55. The van der Waals surface area contributed by atoms with Crippen LogP contribution in [0.5, 0.6) is 5.75 Å². The van der Waals surface area contributed by atoms with E-state index in [4.69, 9.17) is 21.1 Å². The molecule has 0 atom stereocenters. The van der Waals surface area contributed by atoms with Gasteiger partial charge in [-0.1, -0.05) is 11.6 Å². The van der Waals surface area contributed by atoms with Crippen molar-refractivity contribution in [1.82, 2.24) is 0 Å². The molecule has 0 amide bonds. The number of ether oxygens (including phenoxy) is 2. The van der Waals surface area contributed by atoms with E-state index >= 15 is 0 Å². The van der Waals surface area contributed by atoms with Crippen LogP contribution < -0.4 is 4.74 Å². The van der Waals surface area contributed by atoms with E-state index < -0.39 is 5.97 Å². The second kappa shape index (κ2) is 3.67. The summed E-state index contributed by atoms with van der Waals surface area (Å²) in [7, 11) is 1.35. The van der Waals surface area contributed by atoms with Gasteiger partial charge in [0.05, 0.1) is 17.7 Å². The zero-order valence-electron chi connectivity index (χ0n) is 9.46. The quantitative estimate of drug-likeness (QED) is 0.708. The van der Waals surface area contributed by atoms with Crippen molar-refractivity contribution in [3.8, 4) is 5.75 Å². The summed E-state index contributed by atoms with van der Waals surface area (Å²) in [6.45, 7) is 3.95. The highest BCUT2D eigenvalue weighted by Crippen LogP contribution is 2.39. The molecule has 0 N–H and O–H groups in total. The first-order valence-corrected chi connectivity index (χ1v) is 5.41. The molecule has 16 heavy (non-hydrogen) atoms. The van der Waals surface area contributed by atoms with Crippen molar-refractivity contribution in [2.45, 2.75) is 25.9 Å². The maximum atomic E-state index is 11.6. The number of halogens is 1. The molecule has 0 spiro atoms. The lowest BCUT2D eigenvalue weighted by Gasteiger charge is -2.16. The van der Waals surface area contributed by atoms with E-state index in [0.29, 0.717) is 17.0 Å². The molecule has 1 heterocycles. The van der Waals surface area contributed by atoms with E-state index in [9.17, 15) is 4.79 Å². The number of carbonyl (C=O) groups is 1. The molecule has 0 saturated carbocycles. The number of benzene rings is 1. The summed E-state index contributed by atoms with van der Waals surface area (Å²) >= 11 is 6.02. The predicted octanol–water partition coefficient (Wildman–Crippen LogP) is 2.84. The monoisotopic (exact) mass is 240 g/mol. The maximum absolute atomic E-state index is 11.6. The van der Waals surface area contributed by atoms with Crippen molar-refractivity contribution in [2.75, 3.05) is 7.11 Å². The normalized spacial score (nSPS) is 16.5. The van der Waals surface area contributed by atoms with E-state index in [1.165, 1.54) is 7.11 Å². The predicted molar refractivity (Wildman–Crippen MR) is 61.2 cm³/mol. The largest absolute Gasteiger partial charge is 0.487 e. The Morgan fingerprint density at radius 2 is 2.19 bits per heavy atom. The molecule has 1 aromatic rings. The summed E-state index contributed by atoms with van der Waals surface area (Å²) in [6, 6.07) is 3.45. The van der Waals surface area contributed by atoms with Crippen LogP contribution in [0.4, 0.5) is 0 Å². The van der Waals surface area contributed by atoms with Crippen LogP contribution in [0.2, 0.25) is 5.02 Å². The molecule has 1 aliphatic heterocycles. The molecule has 1 aromatic carbocycles. The Labute approximate surface area is 99.3 Å². The second-order valence-corrected chi connectivity index (χ2v) is 4.84. The number of hydrogen-bond donors (Lipinski definition) is 0. The van der Waals surface area contributed by atoms with Gasteiger partial charge in [-0.3, -0.25) is 0 Å². The van der Waals surface area contributed by atoms with Crippen molar-refractivity contribution in [1.29, 1.82) is 0 Å². The van der Waals surface area contributed by atoms with E-state index in [-0.39, 0.29) is 5.60 Å². The molecule has 0 unspecified atom stereocenters. The molecule has 4 heteroatoms. The highest BCUT2D eigenvalue weighted by atomic mass is 35.5. The van der Waals surface area contributed by atoms with Gasteiger partial charge < -0.3 is 9.47 Å². The lowest BCUT2D eigenvalue weighted by Crippen LogP contribution is -2.25. The zero-order valence-corrected chi connectivity index (χ0v) is 10.2. The second-order valence-electron chi connectivity index (χ2n) is 4.43. The highest BCUT2D eigenvalue weighted by molar-refractivity contribution is 6.33. The first-order chi connectivity index (χ1) is 7.44. The number of carbonyl (C=O) groups excluding carboxylic acids is 1. The molecule has 3 nitrogen and oxygen atoms in total. The third-order valence-corrected chi connectivity index (χ3v) is 2.91. The Hall–Kier alpha value is -1.22. The topological polar surface area (TPSA) is 35.5 Å². The van der Waals surface area contributed by atoms with Gasteiger partial charge in [0.1, 0.15) is 11.4 Å². The van der Waals surface area contributed by atoms with Gasteiger partial charge in [-0.25, -0.2) is 4.79 Å². The molecule has 0 radical (unpaired) electrons. The van der Waals surface area contributed by atoms with Crippen molar-refractivity contribution in [3.63, 3.8) is 0 Å². The Kier molecular flexibility index (Phi) is 2.58. The Morgan fingerprint density at radius 1 is 1.50 bits per heavy atom. The van der Waals surface area contributed by atoms with Crippen molar-refractivity contribution in [3.05, 3.63) is 28.3 Å². The van der Waals surface area contributed by atoms with Crippen LogP contribution in [0, 0.1) is 0 Å². The summed E-state index contributed by atoms with van der Waals surface area (Å²) < 4.78 is 10.4. The van der Waals surface area contributed by atoms with Gasteiger partial charge in [0.25, 0.3) is 0 Å². The fraction of sp³-hybridized carbons (Fsp3) is 0.417. The summed E-state index contributed by atoms with van der Waals surface area (Å²) in [5, 5.41) is 0.409. The number of hydrogen-bond acceptors (Lipinski definition) is 3. The lowest BCUT2D eigenvalue weighted by molar-refractivity contribution is 0.0600. The van der Waals surface area contributed by atoms with Crippen LogP contribution in [0.1, 0.15) is 29.8 Å². The SMILES string of the molecule is COC(=O)c1c(Cl)ccc2c1CC(C)(C)O2. The average Bonchev–Trinajstić information content (AvgIpc) is 2.51. The van der Waals surface area contributed by atoms with E-state index in [1.54, 1.807) is 12.1 Å². The first kappa shape index (κ1) is 11.3. The van der Waals surface area contributed by atoms with Gasteiger partial charge in [-0.15, -0.1) is 0 Å². The van der Waals surface area contributed by atoms with E-state index in [2.05, 4.69) is 0 Å². The van der Waals surface area contributed by atoms with Crippen molar-refractivity contribution < 1.29 is 14.3 Å². The molecular weight excluding hydrogens is 228 g/mol.